The van der Waals surface area contributed by atoms with Crippen LogP contribution in [-0.4, -0.2) is 47.2 Å². The molecular formula is C23H23N3O3. The Balaban J connectivity index is 1.31. The molecule has 2 aromatic rings. The minimum atomic E-state index is -0.260. The first-order valence-corrected chi connectivity index (χ1v) is 9.79. The molecule has 0 aliphatic carbocycles. The summed E-state index contributed by atoms with van der Waals surface area (Å²) >= 11 is 0. The number of likely N-dealkylation sites (tertiary alicyclic amines) is 1. The lowest BCUT2D eigenvalue weighted by Crippen LogP contribution is -2.36. The molecule has 0 aromatic heterocycles. The number of nitrogens with zero attached hydrogens (tertiary/aromatic N) is 2. The van der Waals surface area contributed by atoms with Crippen LogP contribution in [0.25, 0.3) is 5.70 Å². The van der Waals surface area contributed by atoms with E-state index in [1.807, 2.05) is 29.2 Å². The number of fused-ring (bicyclic) bond motifs is 1. The monoisotopic (exact) mass is 389 g/mol. The van der Waals surface area contributed by atoms with Crippen molar-refractivity contribution in [3.63, 3.8) is 0 Å². The average molecular weight is 389 g/mol. The average Bonchev–Trinajstić information content (AvgIpc) is 3.36. The molecule has 1 saturated heterocycles. The van der Waals surface area contributed by atoms with Gasteiger partial charge >= 0.3 is 0 Å². The summed E-state index contributed by atoms with van der Waals surface area (Å²) in [5.74, 6) is -0.404. The van der Waals surface area contributed by atoms with Gasteiger partial charge in [0.2, 0.25) is 5.91 Å². The van der Waals surface area contributed by atoms with E-state index in [9.17, 15) is 14.4 Å². The molecule has 0 bridgehead atoms. The maximum Gasteiger partial charge on any atom is 0.259 e. The molecule has 2 heterocycles. The number of nitrogens with one attached hydrogen (secondary N) is 1. The zero-order chi connectivity index (χ0) is 20.4. The van der Waals surface area contributed by atoms with Crippen molar-refractivity contribution in [3.8, 4) is 0 Å². The SMILES string of the molecule is C=C1c2ccccc2C(=O)N1CC(=O)NCc1ccc(C(=O)N2CCCC2)cc1. The van der Waals surface area contributed by atoms with Gasteiger partial charge in [0.1, 0.15) is 6.54 Å². The predicted molar refractivity (Wildman–Crippen MR) is 110 cm³/mol. The largest absolute Gasteiger partial charge is 0.350 e. The molecule has 0 atom stereocenters. The number of hydrogen-bond donors (Lipinski definition) is 1. The van der Waals surface area contributed by atoms with Crippen molar-refractivity contribution in [2.75, 3.05) is 19.6 Å². The Labute approximate surface area is 169 Å². The molecule has 0 saturated carbocycles. The molecule has 2 aromatic carbocycles. The number of carbonyl (C=O) groups excluding carboxylic acids is 3. The van der Waals surface area contributed by atoms with Crippen LogP contribution in [0.4, 0.5) is 0 Å². The summed E-state index contributed by atoms with van der Waals surface area (Å²) in [6.07, 6.45) is 2.12. The highest BCUT2D eigenvalue weighted by molar-refractivity contribution is 6.10. The van der Waals surface area contributed by atoms with Crippen molar-refractivity contribution < 1.29 is 14.4 Å². The summed E-state index contributed by atoms with van der Waals surface area (Å²) in [4.78, 5) is 40.5. The van der Waals surface area contributed by atoms with E-state index in [0.717, 1.165) is 37.1 Å². The second-order valence-electron chi connectivity index (χ2n) is 7.36. The van der Waals surface area contributed by atoms with Crippen LogP contribution >= 0.6 is 0 Å². The topological polar surface area (TPSA) is 69.7 Å². The van der Waals surface area contributed by atoms with Crippen LogP contribution in [0, 0.1) is 0 Å². The van der Waals surface area contributed by atoms with Crippen LogP contribution in [-0.2, 0) is 11.3 Å². The van der Waals surface area contributed by atoms with Gasteiger partial charge in [0, 0.05) is 42.0 Å². The molecule has 0 radical (unpaired) electrons. The van der Waals surface area contributed by atoms with E-state index < -0.39 is 0 Å². The van der Waals surface area contributed by atoms with Crippen LogP contribution in [0.5, 0.6) is 0 Å². The molecule has 0 spiro atoms. The molecule has 148 valence electrons. The predicted octanol–water partition coefficient (Wildman–Crippen LogP) is 2.67. The van der Waals surface area contributed by atoms with E-state index in [2.05, 4.69) is 11.9 Å². The second kappa shape index (κ2) is 7.91. The number of amides is 3. The first kappa shape index (κ1) is 18.9. The van der Waals surface area contributed by atoms with Crippen LogP contribution in [0.1, 0.15) is 44.7 Å². The summed E-state index contributed by atoms with van der Waals surface area (Å²) in [6.45, 7) is 5.85. The Bertz CT molecular complexity index is 940. The highest BCUT2D eigenvalue weighted by atomic mass is 16.2. The van der Waals surface area contributed by atoms with Gasteiger partial charge in [0.15, 0.2) is 0 Å². The molecule has 4 rings (SSSR count). The summed E-state index contributed by atoms with van der Waals surface area (Å²) in [6, 6.07) is 14.5. The maximum atomic E-state index is 12.5. The quantitative estimate of drug-likeness (QED) is 0.855. The van der Waals surface area contributed by atoms with Crippen molar-refractivity contribution in [2.45, 2.75) is 19.4 Å². The molecule has 6 nitrogen and oxygen atoms in total. The lowest BCUT2D eigenvalue weighted by Gasteiger charge is -2.17. The Morgan fingerprint density at radius 1 is 0.966 bits per heavy atom. The van der Waals surface area contributed by atoms with Gasteiger partial charge in [-0.1, -0.05) is 36.9 Å². The molecule has 6 heteroatoms. The molecule has 3 amide bonds. The molecule has 1 fully saturated rings. The van der Waals surface area contributed by atoms with Crippen molar-refractivity contribution in [2.24, 2.45) is 0 Å². The van der Waals surface area contributed by atoms with Crippen molar-refractivity contribution in [1.29, 1.82) is 0 Å². The minimum absolute atomic E-state index is 0.0590. The third kappa shape index (κ3) is 3.78. The molecular weight excluding hydrogens is 366 g/mol. The third-order valence-electron chi connectivity index (χ3n) is 5.42. The molecule has 0 unspecified atom stereocenters. The van der Waals surface area contributed by atoms with Gasteiger partial charge in [0.25, 0.3) is 11.8 Å². The van der Waals surface area contributed by atoms with E-state index in [-0.39, 0.29) is 24.3 Å². The first-order chi connectivity index (χ1) is 14.0. The fourth-order valence-corrected chi connectivity index (χ4v) is 3.77. The van der Waals surface area contributed by atoms with Crippen molar-refractivity contribution >= 4 is 23.4 Å². The number of rotatable bonds is 5. The summed E-state index contributed by atoms with van der Waals surface area (Å²) in [5.41, 5.74) is 3.45. The Morgan fingerprint density at radius 2 is 1.62 bits per heavy atom. The molecule has 2 aliphatic heterocycles. The maximum absolute atomic E-state index is 12.5. The van der Waals surface area contributed by atoms with Crippen LogP contribution in [0.3, 0.4) is 0 Å². The summed E-state index contributed by atoms with van der Waals surface area (Å²) < 4.78 is 0. The van der Waals surface area contributed by atoms with Crippen LogP contribution in [0.2, 0.25) is 0 Å². The minimum Gasteiger partial charge on any atom is -0.350 e. The highest BCUT2D eigenvalue weighted by Crippen LogP contribution is 2.30. The zero-order valence-corrected chi connectivity index (χ0v) is 16.2. The smallest absolute Gasteiger partial charge is 0.259 e. The summed E-state index contributed by atoms with van der Waals surface area (Å²) in [7, 11) is 0. The van der Waals surface area contributed by atoms with E-state index in [0.29, 0.717) is 23.4 Å². The molecule has 1 N–H and O–H groups in total. The van der Waals surface area contributed by atoms with E-state index in [4.69, 9.17) is 0 Å². The highest BCUT2D eigenvalue weighted by Gasteiger charge is 2.31. The second-order valence-corrected chi connectivity index (χ2v) is 7.36. The Kier molecular flexibility index (Phi) is 5.16. The number of benzene rings is 2. The van der Waals surface area contributed by atoms with Crippen LogP contribution < -0.4 is 5.32 Å². The van der Waals surface area contributed by atoms with E-state index in [1.54, 1.807) is 24.3 Å². The summed E-state index contributed by atoms with van der Waals surface area (Å²) in [5, 5.41) is 2.83. The van der Waals surface area contributed by atoms with Gasteiger partial charge in [-0.3, -0.25) is 19.3 Å². The fourth-order valence-electron chi connectivity index (χ4n) is 3.77. The lowest BCUT2D eigenvalue weighted by atomic mass is 10.1. The zero-order valence-electron chi connectivity index (χ0n) is 16.2. The molecule has 2 aliphatic rings. The number of carbonyl (C=O) groups is 3. The van der Waals surface area contributed by atoms with E-state index in [1.165, 1.54) is 4.90 Å². The van der Waals surface area contributed by atoms with E-state index >= 15 is 0 Å². The van der Waals surface area contributed by atoms with Gasteiger partial charge in [-0.05, 0) is 36.6 Å². The standard InChI is InChI=1S/C23H23N3O3/c1-16-19-6-2-3-7-20(19)23(29)26(16)15-21(27)24-14-17-8-10-18(11-9-17)22(28)25-12-4-5-13-25/h2-3,6-11H,1,4-5,12-15H2,(H,24,27). The number of hydrogen-bond acceptors (Lipinski definition) is 3. The van der Waals surface area contributed by atoms with Gasteiger partial charge in [-0.2, -0.15) is 0 Å². The van der Waals surface area contributed by atoms with Crippen molar-refractivity contribution in [3.05, 3.63) is 77.4 Å². The van der Waals surface area contributed by atoms with Crippen LogP contribution in [0.15, 0.2) is 55.1 Å². The van der Waals surface area contributed by atoms with Gasteiger partial charge in [-0.25, -0.2) is 0 Å². The Morgan fingerprint density at radius 3 is 2.28 bits per heavy atom. The van der Waals surface area contributed by atoms with Gasteiger partial charge in [-0.15, -0.1) is 0 Å². The van der Waals surface area contributed by atoms with Gasteiger partial charge < -0.3 is 10.2 Å². The Hall–Kier alpha value is -3.41. The van der Waals surface area contributed by atoms with Crippen molar-refractivity contribution in [1.82, 2.24) is 15.1 Å². The van der Waals surface area contributed by atoms with Gasteiger partial charge in [0.05, 0.1) is 0 Å². The lowest BCUT2D eigenvalue weighted by molar-refractivity contribution is -0.121. The molecule has 29 heavy (non-hydrogen) atoms. The normalized spacial score (nSPS) is 15.6. The fraction of sp³-hybridized carbons (Fsp3) is 0.261. The first-order valence-electron chi connectivity index (χ1n) is 9.79. The third-order valence-corrected chi connectivity index (χ3v) is 5.42.